The molecule has 16 heavy (non-hydrogen) atoms. The maximum absolute atomic E-state index is 10.7. The van der Waals surface area contributed by atoms with Crippen LogP contribution in [0.15, 0.2) is 24.3 Å². The summed E-state index contributed by atoms with van der Waals surface area (Å²) >= 11 is 0. The summed E-state index contributed by atoms with van der Waals surface area (Å²) in [6.45, 7) is 0. The maximum atomic E-state index is 10.7. The fourth-order valence-corrected chi connectivity index (χ4v) is 1.23. The molecule has 0 fully saturated rings. The molecule has 0 amide bonds. The quantitative estimate of drug-likeness (QED) is 0.457. The van der Waals surface area contributed by atoms with Crippen molar-refractivity contribution in [2.24, 2.45) is 0 Å². The molecule has 7 nitrogen and oxygen atoms in total. The molecule has 0 aromatic heterocycles. The predicted molar refractivity (Wildman–Crippen MR) is 52.5 cm³/mol. The molecule has 1 rings (SSSR count). The molecule has 0 heterocycles. The number of benzene rings is 1. The Labute approximate surface area is 103 Å². The van der Waals surface area contributed by atoms with Crippen molar-refractivity contribution < 1.29 is 24.1 Å². The summed E-state index contributed by atoms with van der Waals surface area (Å²) in [5, 5.41) is 16.6. The van der Waals surface area contributed by atoms with Crippen molar-refractivity contribution in [3.05, 3.63) is 29.2 Å². The van der Waals surface area contributed by atoms with Crippen LogP contribution in [0.1, 0.15) is 0 Å². The van der Waals surface area contributed by atoms with Crippen molar-refractivity contribution in [2.75, 3.05) is 0 Å². The molecule has 0 radical (unpaired) electrons. The van der Waals surface area contributed by atoms with E-state index in [0.29, 0.717) is 0 Å². The zero-order valence-corrected chi connectivity index (χ0v) is 8.13. The van der Waals surface area contributed by atoms with Gasteiger partial charge in [-0.1, -0.05) is 0 Å². The van der Waals surface area contributed by atoms with Gasteiger partial charge >= 0.3 is 24.5 Å². The number of rotatable bonds is 3. The Kier molecular flexibility index (Phi) is 5.23. The Balaban J connectivity index is 0.00000225. The molecule has 1 N–H and O–H groups in total. The summed E-state index contributed by atoms with van der Waals surface area (Å²) in [4.78, 5) is 20.7. The molecule has 1 aromatic rings. The van der Waals surface area contributed by atoms with E-state index in [0.717, 1.165) is 30.1 Å². The van der Waals surface area contributed by atoms with Crippen LogP contribution >= 0.6 is 7.60 Å². The predicted octanol–water partition coefficient (Wildman–Crippen LogP) is 0.251. The van der Waals surface area contributed by atoms with E-state index in [9.17, 15) is 14.4 Å². The van der Waals surface area contributed by atoms with Crippen molar-refractivity contribution >= 4 is 32.1 Å². The summed E-state index contributed by atoms with van der Waals surface area (Å²) in [5.41, 5.74) is -0.0833. The van der Waals surface area contributed by atoms with Gasteiger partial charge in [0.2, 0.25) is 0 Å². The number of nitrogens with zero attached hydrogens (tertiary/aromatic N) is 2. The first-order valence-electron chi connectivity index (χ1n) is 3.63. The minimum absolute atomic E-state index is 0. The van der Waals surface area contributed by atoms with Gasteiger partial charge in [-0.2, -0.15) is 5.26 Å². The Morgan fingerprint density at radius 3 is 2.31 bits per heavy atom. The van der Waals surface area contributed by atoms with Gasteiger partial charge in [0.1, 0.15) is 5.75 Å². The van der Waals surface area contributed by atoms with E-state index in [1.165, 1.54) is 0 Å². The van der Waals surface area contributed by atoms with Crippen LogP contribution in [-0.4, -0.2) is 29.0 Å². The third-order valence-corrected chi connectivity index (χ3v) is 2.10. The van der Waals surface area contributed by atoms with Gasteiger partial charge in [0.25, 0.3) is 12.5 Å². The molecule has 9 heteroatoms. The van der Waals surface area contributed by atoms with Gasteiger partial charge in [0.05, 0.1) is 4.91 Å². The van der Waals surface area contributed by atoms with E-state index in [-0.39, 0.29) is 35.2 Å². The van der Waals surface area contributed by atoms with Gasteiger partial charge in [-0.3, -0.25) is 4.57 Å². The van der Waals surface area contributed by atoms with Crippen LogP contribution in [0, 0.1) is 16.0 Å². The topological polar surface area (TPSA) is 113 Å². The second-order valence-electron chi connectivity index (χ2n) is 2.46. The summed E-state index contributed by atoms with van der Waals surface area (Å²) in [7, 11) is -4.53. The second-order valence-corrected chi connectivity index (χ2v) is 3.83. The minimum atomic E-state index is -4.53. The monoisotopic (exact) mass is 236 g/mol. The molecular formula is C7H6LiN2O5P. The van der Waals surface area contributed by atoms with Crippen molar-refractivity contribution in [1.29, 1.82) is 5.26 Å². The molecule has 0 saturated heterocycles. The first-order valence-corrected chi connectivity index (χ1v) is 5.17. The number of hydrogen-bond donors (Lipinski definition) is 1. The van der Waals surface area contributed by atoms with E-state index >= 15 is 0 Å². The van der Waals surface area contributed by atoms with Gasteiger partial charge in [-0.05, 0) is 12.1 Å². The van der Waals surface area contributed by atoms with E-state index in [1.54, 1.807) is 0 Å². The molecule has 0 spiro atoms. The molecule has 1 unspecified atom stereocenters. The van der Waals surface area contributed by atoms with Crippen LogP contribution in [0.2, 0.25) is 0 Å². The van der Waals surface area contributed by atoms with Crippen molar-refractivity contribution in [3.63, 3.8) is 0 Å². The molecule has 0 aliphatic rings. The van der Waals surface area contributed by atoms with Crippen molar-refractivity contribution in [1.82, 2.24) is 0 Å². The average Bonchev–Trinajstić information content (AvgIpc) is 2.18. The molecule has 80 valence electrons. The average molecular weight is 236 g/mol. The van der Waals surface area contributed by atoms with Crippen LogP contribution in [0.3, 0.4) is 0 Å². The summed E-state index contributed by atoms with van der Waals surface area (Å²) < 4.78 is 15.0. The molecular weight excluding hydrogens is 230 g/mol. The summed E-state index contributed by atoms with van der Waals surface area (Å²) in [6, 6.07) is 4.55. The van der Waals surface area contributed by atoms with Gasteiger partial charge in [0, 0.05) is 12.1 Å². The van der Waals surface area contributed by atoms with Crippen LogP contribution in [0.5, 0.6) is 5.75 Å². The fourth-order valence-electron chi connectivity index (χ4n) is 0.794. The Morgan fingerprint density at radius 2 is 1.94 bits per heavy atom. The normalized spacial score (nSPS) is 12.8. The molecule has 1 atom stereocenters. The van der Waals surface area contributed by atoms with Gasteiger partial charge < -0.3 is 9.42 Å². The van der Waals surface area contributed by atoms with Crippen LogP contribution in [0.25, 0.3) is 0 Å². The Hall–Kier alpha value is -1.30. The third-order valence-electron chi connectivity index (χ3n) is 1.41. The first-order chi connectivity index (χ1) is 6.94. The van der Waals surface area contributed by atoms with E-state index in [1.807, 2.05) is 0 Å². The number of nitriles is 1. The Morgan fingerprint density at radius 1 is 1.44 bits per heavy atom. The van der Waals surface area contributed by atoms with Crippen LogP contribution < -0.4 is 9.42 Å². The summed E-state index contributed by atoms with van der Waals surface area (Å²) in [6.07, 6.45) is 0. The second kappa shape index (κ2) is 5.69. The van der Waals surface area contributed by atoms with Crippen LogP contribution in [-0.2, 0) is 4.57 Å². The van der Waals surface area contributed by atoms with Gasteiger partial charge in [-0.25, -0.2) is 5.21 Å². The SMILES string of the molecule is N#CP(=O)([O-])Oc1ccc([N+](=O)O)cc1.[LiH]. The number of hydrogen-bond acceptors (Lipinski definition) is 5. The third kappa shape index (κ3) is 4.06. The van der Waals surface area contributed by atoms with Crippen LogP contribution in [0.4, 0.5) is 5.69 Å². The molecule has 0 saturated carbocycles. The van der Waals surface area contributed by atoms with E-state index < -0.39 is 7.60 Å². The van der Waals surface area contributed by atoms with E-state index in [2.05, 4.69) is 4.52 Å². The molecule has 0 aliphatic heterocycles. The standard InChI is InChI=1S/C7H5N2O5P.Li.H/c8-5-15(12,13)14-7-3-1-6(2-4-7)9(10)11;;/h1-4H,(H-,10,11,12,13);;. The van der Waals surface area contributed by atoms with Crippen molar-refractivity contribution in [3.8, 4) is 11.6 Å². The van der Waals surface area contributed by atoms with Gasteiger partial charge in [-0.15, -0.1) is 0 Å². The molecule has 0 bridgehead atoms. The zero-order chi connectivity index (χ0) is 11.5. The van der Waals surface area contributed by atoms with Gasteiger partial charge in [0.15, 0.2) is 5.81 Å². The first kappa shape index (κ1) is 14.7. The fraction of sp³-hybridized carbons (Fsp3) is 0. The van der Waals surface area contributed by atoms with E-state index in [4.69, 9.17) is 10.5 Å². The molecule has 0 aliphatic carbocycles. The molecule has 1 aromatic carbocycles. The Bertz CT molecular complexity index is 469. The van der Waals surface area contributed by atoms with Crippen molar-refractivity contribution in [2.45, 2.75) is 0 Å². The zero-order valence-electron chi connectivity index (χ0n) is 7.23. The summed E-state index contributed by atoms with van der Waals surface area (Å²) in [5.74, 6) is 0.873.